The molecule has 2 aromatic carbocycles. The zero-order valence-electron chi connectivity index (χ0n) is 21.7. The lowest BCUT2D eigenvalue weighted by molar-refractivity contribution is -0.139. The molecule has 12 heteroatoms. The summed E-state index contributed by atoms with van der Waals surface area (Å²) in [7, 11) is -1.12. The number of methoxy groups -OCH3 is 2. The Kier molecular flexibility index (Phi) is 10.9. The normalized spacial score (nSPS) is 12.1. The van der Waals surface area contributed by atoms with Crippen LogP contribution in [0.4, 0.5) is 5.69 Å². The highest BCUT2D eigenvalue weighted by Crippen LogP contribution is 2.34. The fourth-order valence-corrected chi connectivity index (χ4v) is 4.77. The van der Waals surface area contributed by atoms with Crippen molar-refractivity contribution < 1.29 is 27.5 Å². The van der Waals surface area contributed by atoms with Gasteiger partial charge in [0.1, 0.15) is 24.1 Å². The van der Waals surface area contributed by atoms with Gasteiger partial charge in [-0.15, -0.1) is 0 Å². The number of nitrogens with zero attached hydrogens (tertiary/aromatic N) is 2. The Hall–Kier alpha value is -2.69. The maximum atomic E-state index is 13.7. The van der Waals surface area contributed by atoms with Crippen LogP contribution in [-0.2, 0) is 26.2 Å². The van der Waals surface area contributed by atoms with Gasteiger partial charge in [0.25, 0.3) is 0 Å². The van der Waals surface area contributed by atoms with Crippen molar-refractivity contribution >= 4 is 50.7 Å². The van der Waals surface area contributed by atoms with E-state index in [0.29, 0.717) is 27.9 Å². The van der Waals surface area contributed by atoms with Crippen LogP contribution < -0.4 is 19.1 Å². The lowest BCUT2D eigenvalue weighted by atomic mass is 10.1. The number of hydrogen-bond donors (Lipinski definition) is 1. The molecule has 2 rings (SSSR count). The molecule has 0 radical (unpaired) electrons. The van der Waals surface area contributed by atoms with Crippen molar-refractivity contribution in [2.75, 3.05) is 37.9 Å². The van der Waals surface area contributed by atoms with Crippen LogP contribution in [0.1, 0.15) is 26.3 Å². The molecule has 0 fully saturated rings. The van der Waals surface area contributed by atoms with Gasteiger partial charge in [0, 0.05) is 29.2 Å². The number of anilines is 1. The lowest BCUT2D eigenvalue weighted by Gasteiger charge is -2.32. The molecule has 0 aliphatic rings. The molecule has 2 aromatic rings. The van der Waals surface area contributed by atoms with Crippen LogP contribution >= 0.6 is 23.2 Å². The molecule has 0 saturated carbocycles. The summed E-state index contributed by atoms with van der Waals surface area (Å²) in [5, 5.41) is 3.55. The first kappa shape index (κ1) is 30.5. The van der Waals surface area contributed by atoms with Crippen molar-refractivity contribution in [2.24, 2.45) is 5.92 Å². The third kappa shape index (κ3) is 8.41. The summed E-state index contributed by atoms with van der Waals surface area (Å²) in [6.07, 6.45) is 0.984. The maximum absolute atomic E-state index is 13.7. The van der Waals surface area contributed by atoms with Gasteiger partial charge in [0.2, 0.25) is 21.8 Å². The third-order valence-corrected chi connectivity index (χ3v) is 7.25. The standard InChI is InChI=1S/C25H33Cl2N3O6S/c1-16(2)13-28-25(32)17(3)29(14-18-7-8-19(26)11-21(18)27)24(31)15-30(37(6,33)34)22-12-20(35-4)9-10-23(22)36-5/h7-12,16-17H,13-15H2,1-6H3,(H,28,32)/t17-/m1/s1. The van der Waals surface area contributed by atoms with E-state index in [1.54, 1.807) is 31.2 Å². The fourth-order valence-electron chi connectivity index (χ4n) is 3.45. The Bertz CT molecular complexity index is 1220. The smallest absolute Gasteiger partial charge is 0.244 e. The summed E-state index contributed by atoms with van der Waals surface area (Å²) in [6.45, 7) is 5.27. The van der Waals surface area contributed by atoms with Gasteiger partial charge in [-0.25, -0.2) is 8.42 Å². The van der Waals surface area contributed by atoms with Gasteiger partial charge in [-0.05, 0) is 42.7 Å². The van der Waals surface area contributed by atoms with E-state index in [-0.39, 0.29) is 29.8 Å². The van der Waals surface area contributed by atoms with E-state index in [1.807, 2.05) is 13.8 Å². The lowest BCUT2D eigenvalue weighted by Crippen LogP contribution is -2.51. The second-order valence-corrected chi connectivity index (χ2v) is 11.6. The predicted octanol–water partition coefficient (Wildman–Crippen LogP) is 3.97. The van der Waals surface area contributed by atoms with Crippen molar-refractivity contribution in [3.63, 3.8) is 0 Å². The quantitative estimate of drug-likeness (QED) is 0.412. The highest BCUT2D eigenvalue weighted by Gasteiger charge is 2.31. The van der Waals surface area contributed by atoms with Crippen LogP contribution in [0.25, 0.3) is 0 Å². The van der Waals surface area contributed by atoms with Gasteiger partial charge >= 0.3 is 0 Å². The molecule has 0 spiro atoms. The average molecular weight is 575 g/mol. The fraction of sp³-hybridized carbons (Fsp3) is 0.440. The van der Waals surface area contributed by atoms with Crippen LogP contribution in [0, 0.1) is 5.92 Å². The first-order valence-corrected chi connectivity index (χ1v) is 14.1. The van der Waals surface area contributed by atoms with Gasteiger partial charge < -0.3 is 19.7 Å². The van der Waals surface area contributed by atoms with Gasteiger partial charge in [-0.1, -0.05) is 43.1 Å². The molecule has 0 aliphatic heterocycles. The number of benzene rings is 2. The number of amides is 2. The number of nitrogens with one attached hydrogen (secondary N) is 1. The van der Waals surface area contributed by atoms with E-state index in [1.165, 1.54) is 31.3 Å². The summed E-state index contributed by atoms with van der Waals surface area (Å²) in [5.74, 6) is -0.185. The average Bonchev–Trinajstić information content (AvgIpc) is 2.83. The minimum Gasteiger partial charge on any atom is -0.497 e. The van der Waals surface area contributed by atoms with Crippen LogP contribution in [-0.4, -0.2) is 64.7 Å². The summed E-state index contributed by atoms with van der Waals surface area (Å²) in [6, 6.07) is 8.51. The van der Waals surface area contributed by atoms with E-state index in [0.717, 1.165) is 10.6 Å². The summed E-state index contributed by atoms with van der Waals surface area (Å²) in [5.41, 5.74) is 0.673. The first-order chi connectivity index (χ1) is 17.3. The van der Waals surface area contributed by atoms with Gasteiger partial charge in [-0.3, -0.25) is 13.9 Å². The van der Waals surface area contributed by atoms with Crippen molar-refractivity contribution in [1.82, 2.24) is 10.2 Å². The highest BCUT2D eigenvalue weighted by atomic mass is 35.5. The number of sulfonamides is 1. The molecule has 2 amide bonds. The first-order valence-electron chi connectivity index (χ1n) is 11.5. The zero-order valence-corrected chi connectivity index (χ0v) is 24.1. The Morgan fingerprint density at radius 2 is 1.70 bits per heavy atom. The molecule has 9 nitrogen and oxygen atoms in total. The minimum absolute atomic E-state index is 0.0437. The van der Waals surface area contributed by atoms with Crippen molar-refractivity contribution in [3.8, 4) is 11.5 Å². The van der Waals surface area contributed by atoms with Crippen LogP contribution in [0.15, 0.2) is 36.4 Å². The van der Waals surface area contributed by atoms with Crippen LogP contribution in [0.3, 0.4) is 0 Å². The number of halogens is 2. The molecular formula is C25H33Cl2N3O6S. The Balaban J connectivity index is 2.49. The molecule has 204 valence electrons. The second kappa shape index (κ2) is 13.2. The maximum Gasteiger partial charge on any atom is 0.244 e. The Morgan fingerprint density at radius 1 is 1.03 bits per heavy atom. The number of carbonyl (C=O) groups is 2. The topological polar surface area (TPSA) is 105 Å². The van der Waals surface area contributed by atoms with E-state index < -0.39 is 28.5 Å². The number of ether oxygens (including phenoxy) is 2. The molecular weight excluding hydrogens is 541 g/mol. The van der Waals surface area contributed by atoms with Crippen molar-refractivity contribution in [3.05, 3.63) is 52.0 Å². The van der Waals surface area contributed by atoms with Crippen molar-refractivity contribution in [2.45, 2.75) is 33.4 Å². The number of hydrogen-bond acceptors (Lipinski definition) is 6. The van der Waals surface area contributed by atoms with E-state index in [2.05, 4.69) is 5.32 Å². The zero-order chi connectivity index (χ0) is 27.9. The van der Waals surface area contributed by atoms with Gasteiger partial charge in [-0.2, -0.15) is 0 Å². The monoisotopic (exact) mass is 573 g/mol. The Labute approximate surface area is 228 Å². The summed E-state index contributed by atoms with van der Waals surface area (Å²) < 4.78 is 37.2. The summed E-state index contributed by atoms with van der Waals surface area (Å²) in [4.78, 5) is 27.9. The predicted molar refractivity (Wildman–Crippen MR) is 146 cm³/mol. The molecule has 0 heterocycles. The number of carbonyl (C=O) groups excluding carboxylic acids is 2. The summed E-state index contributed by atoms with van der Waals surface area (Å²) >= 11 is 12.4. The SMILES string of the molecule is COc1ccc(OC)c(N(CC(=O)N(Cc2ccc(Cl)cc2Cl)[C@H](C)C(=O)NCC(C)C)S(C)(=O)=O)c1. The van der Waals surface area contributed by atoms with E-state index in [4.69, 9.17) is 32.7 Å². The number of rotatable bonds is 12. The van der Waals surface area contributed by atoms with E-state index >= 15 is 0 Å². The van der Waals surface area contributed by atoms with Gasteiger partial charge in [0.05, 0.1) is 26.2 Å². The molecule has 1 N–H and O–H groups in total. The Morgan fingerprint density at radius 3 is 2.24 bits per heavy atom. The largest absolute Gasteiger partial charge is 0.497 e. The minimum atomic E-state index is -3.95. The van der Waals surface area contributed by atoms with Gasteiger partial charge in [0.15, 0.2) is 0 Å². The molecule has 37 heavy (non-hydrogen) atoms. The van der Waals surface area contributed by atoms with Crippen LogP contribution in [0.2, 0.25) is 10.0 Å². The van der Waals surface area contributed by atoms with Crippen molar-refractivity contribution in [1.29, 1.82) is 0 Å². The highest BCUT2D eigenvalue weighted by molar-refractivity contribution is 7.92. The molecule has 0 bridgehead atoms. The second-order valence-electron chi connectivity index (χ2n) is 8.88. The molecule has 0 saturated heterocycles. The van der Waals surface area contributed by atoms with E-state index in [9.17, 15) is 18.0 Å². The molecule has 1 atom stereocenters. The molecule has 0 unspecified atom stereocenters. The third-order valence-electron chi connectivity index (χ3n) is 5.54. The molecule has 0 aromatic heterocycles. The molecule has 0 aliphatic carbocycles. The van der Waals surface area contributed by atoms with Crippen LogP contribution in [0.5, 0.6) is 11.5 Å².